The zero-order chi connectivity index (χ0) is 20.0. The summed E-state index contributed by atoms with van der Waals surface area (Å²) in [4.78, 5) is 4.69. The van der Waals surface area contributed by atoms with Gasteiger partial charge in [0, 0.05) is 26.3 Å². The molecular weight excluding hydrogens is 481 g/mol. The molecule has 0 aromatic heterocycles. The van der Waals surface area contributed by atoms with E-state index in [1.807, 2.05) is 0 Å². The lowest BCUT2D eigenvalue weighted by atomic mass is 10.1. The average Bonchev–Trinajstić information content (AvgIpc) is 3.21. The summed E-state index contributed by atoms with van der Waals surface area (Å²) in [5, 5.41) is 6.67. The number of nitrogens with zero attached hydrogens (tertiary/aromatic N) is 1. The topological polar surface area (TPSA) is 64.1 Å². The van der Waals surface area contributed by atoms with E-state index in [1.54, 1.807) is 0 Å². The number of hydrogen-bond acceptors (Lipinski definition) is 4. The number of ether oxygens (including phenoxy) is 3. The van der Waals surface area contributed by atoms with E-state index in [1.165, 1.54) is 11.1 Å². The molecule has 2 N–H and O–H groups in total. The van der Waals surface area contributed by atoms with Crippen molar-refractivity contribution in [2.24, 2.45) is 4.99 Å². The van der Waals surface area contributed by atoms with Gasteiger partial charge in [0.05, 0.1) is 32.0 Å². The Bertz CT molecular complexity index is 578. The van der Waals surface area contributed by atoms with Crippen LogP contribution in [0.1, 0.15) is 51.2 Å². The first-order chi connectivity index (χ1) is 13.7. The summed E-state index contributed by atoms with van der Waals surface area (Å²) >= 11 is 0. The lowest BCUT2D eigenvalue weighted by Crippen LogP contribution is -2.38. The number of guanidine groups is 1. The molecule has 1 fully saturated rings. The van der Waals surface area contributed by atoms with Crippen LogP contribution in [0.2, 0.25) is 0 Å². The first kappa shape index (κ1) is 26.1. The molecule has 0 aliphatic carbocycles. The molecule has 0 amide bonds. The lowest BCUT2D eigenvalue weighted by Gasteiger charge is -2.13. The van der Waals surface area contributed by atoms with E-state index < -0.39 is 0 Å². The highest BCUT2D eigenvalue weighted by Gasteiger charge is 2.14. The van der Waals surface area contributed by atoms with Gasteiger partial charge >= 0.3 is 0 Å². The highest BCUT2D eigenvalue weighted by atomic mass is 127. The molecule has 1 aliphatic rings. The van der Waals surface area contributed by atoms with Gasteiger partial charge in [-0.3, -0.25) is 0 Å². The zero-order valence-corrected chi connectivity index (χ0v) is 20.4. The number of nitrogens with one attached hydrogen (secondary N) is 2. The fraction of sp³-hybridized carbons (Fsp3) is 0.682. The second kappa shape index (κ2) is 15.9. The van der Waals surface area contributed by atoms with Crippen molar-refractivity contribution in [1.82, 2.24) is 10.6 Å². The smallest absolute Gasteiger partial charge is 0.191 e. The van der Waals surface area contributed by atoms with Gasteiger partial charge in [-0.05, 0) is 51.2 Å². The second-order valence-electron chi connectivity index (χ2n) is 7.37. The fourth-order valence-corrected chi connectivity index (χ4v) is 2.96. The lowest BCUT2D eigenvalue weighted by molar-refractivity contribution is 0.0168. The molecular formula is C22H38IN3O3. The largest absolute Gasteiger partial charge is 0.379 e. The highest BCUT2D eigenvalue weighted by Crippen LogP contribution is 2.12. The summed E-state index contributed by atoms with van der Waals surface area (Å²) < 4.78 is 17.0. The van der Waals surface area contributed by atoms with E-state index in [-0.39, 0.29) is 30.1 Å². The summed E-state index contributed by atoms with van der Waals surface area (Å²) in [5.74, 6) is 0.838. The molecule has 1 aromatic carbocycles. The number of hydrogen-bond donors (Lipinski definition) is 2. The van der Waals surface area contributed by atoms with Crippen LogP contribution in [-0.2, 0) is 27.4 Å². The van der Waals surface area contributed by atoms with Crippen molar-refractivity contribution in [2.75, 3.05) is 32.9 Å². The summed E-state index contributed by atoms with van der Waals surface area (Å²) in [6, 6.07) is 8.42. The predicted molar refractivity (Wildman–Crippen MR) is 129 cm³/mol. The molecule has 1 saturated heterocycles. The Morgan fingerprint density at radius 1 is 1.28 bits per heavy atom. The number of aliphatic imine (C=N–C) groups is 1. The summed E-state index contributed by atoms with van der Waals surface area (Å²) in [6.45, 7) is 11.5. The Morgan fingerprint density at radius 3 is 2.83 bits per heavy atom. The molecule has 1 heterocycles. The van der Waals surface area contributed by atoms with Gasteiger partial charge in [-0.15, -0.1) is 24.0 Å². The van der Waals surface area contributed by atoms with Gasteiger partial charge in [-0.25, -0.2) is 4.99 Å². The van der Waals surface area contributed by atoms with Crippen molar-refractivity contribution >= 4 is 29.9 Å². The second-order valence-corrected chi connectivity index (χ2v) is 7.37. The van der Waals surface area contributed by atoms with E-state index in [4.69, 9.17) is 19.2 Å². The Balaban J connectivity index is 0.00000420. The monoisotopic (exact) mass is 519 g/mol. The quantitative estimate of drug-likeness (QED) is 0.190. The predicted octanol–water partition coefficient (Wildman–Crippen LogP) is 3.87. The van der Waals surface area contributed by atoms with Crippen molar-refractivity contribution in [1.29, 1.82) is 0 Å². The molecule has 2 rings (SSSR count). The Morgan fingerprint density at radius 2 is 2.10 bits per heavy atom. The molecule has 1 unspecified atom stereocenters. The SMILES string of the molecule is CCNC(=NCc1cccc(COC(C)C)c1)NCCCOCC1CCCO1.I. The van der Waals surface area contributed by atoms with Gasteiger partial charge in [0.1, 0.15) is 0 Å². The van der Waals surface area contributed by atoms with E-state index in [0.29, 0.717) is 25.9 Å². The maximum Gasteiger partial charge on any atom is 0.191 e. The Labute approximate surface area is 193 Å². The van der Waals surface area contributed by atoms with Crippen molar-refractivity contribution in [3.05, 3.63) is 35.4 Å². The van der Waals surface area contributed by atoms with Gasteiger partial charge in [0.15, 0.2) is 5.96 Å². The molecule has 0 saturated carbocycles. The molecule has 1 atom stereocenters. The van der Waals surface area contributed by atoms with Crippen LogP contribution >= 0.6 is 24.0 Å². The minimum absolute atomic E-state index is 0. The van der Waals surface area contributed by atoms with Gasteiger partial charge in [-0.2, -0.15) is 0 Å². The van der Waals surface area contributed by atoms with Crippen LogP contribution in [0.4, 0.5) is 0 Å². The van der Waals surface area contributed by atoms with Gasteiger partial charge in [-0.1, -0.05) is 24.3 Å². The normalized spacial score (nSPS) is 16.7. The van der Waals surface area contributed by atoms with Gasteiger partial charge < -0.3 is 24.8 Å². The van der Waals surface area contributed by atoms with Crippen LogP contribution < -0.4 is 10.6 Å². The van der Waals surface area contributed by atoms with Crippen LogP contribution in [0.15, 0.2) is 29.3 Å². The molecule has 0 bridgehead atoms. The molecule has 1 aromatic rings. The van der Waals surface area contributed by atoms with Crippen molar-refractivity contribution in [3.8, 4) is 0 Å². The summed E-state index contributed by atoms with van der Waals surface area (Å²) in [6.07, 6.45) is 3.76. The Kier molecular flexibility index (Phi) is 14.3. The first-order valence-electron chi connectivity index (χ1n) is 10.6. The molecule has 6 nitrogen and oxygen atoms in total. The average molecular weight is 519 g/mol. The third kappa shape index (κ3) is 11.8. The maximum atomic E-state index is 5.70. The van der Waals surface area contributed by atoms with Crippen molar-refractivity contribution < 1.29 is 14.2 Å². The molecule has 166 valence electrons. The van der Waals surface area contributed by atoms with E-state index >= 15 is 0 Å². The third-order valence-corrected chi connectivity index (χ3v) is 4.42. The van der Waals surface area contributed by atoms with Crippen LogP contribution in [-0.4, -0.2) is 51.1 Å². The van der Waals surface area contributed by atoms with Crippen molar-refractivity contribution in [3.63, 3.8) is 0 Å². The Hall–Kier alpha value is -0.900. The standard InChI is InChI=1S/C22H37N3O3.HI/c1-4-23-22(24-11-7-12-26-17-21-10-6-13-27-21)25-15-19-8-5-9-20(14-19)16-28-18(2)3;/h5,8-9,14,18,21H,4,6-7,10-13,15-17H2,1-3H3,(H2,23,24,25);1H. The maximum absolute atomic E-state index is 5.70. The van der Waals surface area contributed by atoms with Crippen molar-refractivity contribution in [2.45, 2.75) is 65.4 Å². The van der Waals surface area contributed by atoms with E-state index in [2.05, 4.69) is 55.7 Å². The summed E-state index contributed by atoms with van der Waals surface area (Å²) in [7, 11) is 0. The third-order valence-electron chi connectivity index (χ3n) is 4.42. The minimum Gasteiger partial charge on any atom is -0.379 e. The molecule has 29 heavy (non-hydrogen) atoms. The molecule has 7 heteroatoms. The van der Waals surface area contributed by atoms with Crippen LogP contribution in [0.5, 0.6) is 0 Å². The fourth-order valence-electron chi connectivity index (χ4n) is 2.96. The summed E-state index contributed by atoms with van der Waals surface area (Å²) in [5.41, 5.74) is 2.37. The van der Waals surface area contributed by atoms with Gasteiger partial charge in [0.25, 0.3) is 0 Å². The number of halogens is 1. The first-order valence-corrected chi connectivity index (χ1v) is 10.6. The highest BCUT2D eigenvalue weighted by molar-refractivity contribution is 14.0. The van der Waals surface area contributed by atoms with Crippen LogP contribution in [0.3, 0.4) is 0 Å². The zero-order valence-electron chi connectivity index (χ0n) is 18.1. The van der Waals surface area contributed by atoms with E-state index in [9.17, 15) is 0 Å². The molecule has 0 spiro atoms. The number of benzene rings is 1. The van der Waals surface area contributed by atoms with Gasteiger partial charge in [0.2, 0.25) is 0 Å². The number of rotatable bonds is 12. The minimum atomic E-state index is 0. The van der Waals surface area contributed by atoms with E-state index in [0.717, 1.165) is 51.5 Å². The molecule has 1 aliphatic heterocycles. The van der Waals surface area contributed by atoms with Crippen LogP contribution in [0, 0.1) is 0 Å². The molecule has 0 radical (unpaired) electrons. The van der Waals surface area contributed by atoms with Crippen LogP contribution in [0.25, 0.3) is 0 Å².